The molecule has 4 heteroatoms. The number of hydrogen-bond acceptors (Lipinski definition) is 3. The van der Waals surface area contributed by atoms with Crippen molar-refractivity contribution >= 4 is 6.09 Å². The Hall–Kier alpha value is -0.770. The first-order chi connectivity index (χ1) is 9.32. The molecule has 3 fully saturated rings. The molecular formula is C16H28N2O2. The Balaban J connectivity index is 1.49. The lowest BCUT2D eigenvalue weighted by molar-refractivity contribution is 0.0261. The predicted octanol–water partition coefficient (Wildman–Crippen LogP) is 2.58. The fourth-order valence-electron chi connectivity index (χ4n) is 3.96. The van der Waals surface area contributed by atoms with Gasteiger partial charge < -0.3 is 9.64 Å². The van der Waals surface area contributed by atoms with E-state index in [9.17, 15) is 4.79 Å². The number of rotatable bonds is 1. The summed E-state index contributed by atoms with van der Waals surface area (Å²) >= 11 is 0. The van der Waals surface area contributed by atoms with Gasteiger partial charge in [0, 0.05) is 32.2 Å². The Morgan fingerprint density at radius 1 is 1.05 bits per heavy atom. The molecular weight excluding hydrogens is 252 g/mol. The van der Waals surface area contributed by atoms with E-state index >= 15 is 0 Å². The van der Waals surface area contributed by atoms with Gasteiger partial charge in [0.15, 0.2) is 0 Å². The van der Waals surface area contributed by atoms with Crippen molar-refractivity contribution < 1.29 is 9.53 Å². The van der Waals surface area contributed by atoms with Crippen molar-refractivity contribution in [3.63, 3.8) is 0 Å². The van der Waals surface area contributed by atoms with E-state index in [-0.39, 0.29) is 11.7 Å². The van der Waals surface area contributed by atoms with E-state index < -0.39 is 0 Å². The van der Waals surface area contributed by atoms with Crippen LogP contribution in [0.25, 0.3) is 0 Å². The minimum absolute atomic E-state index is 0.129. The van der Waals surface area contributed by atoms with Gasteiger partial charge in [0.1, 0.15) is 5.60 Å². The second-order valence-electron chi connectivity index (χ2n) is 8.09. The molecule has 0 radical (unpaired) electrons. The fraction of sp³-hybridized carbons (Fsp3) is 0.938. The van der Waals surface area contributed by atoms with E-state index in [4.69, 9.17) is 4.74 Å². The van der Waals surface area contributed by atoms with E-state index in [1.54, 1.807) is 0 Å². The zero-order valence-corrected chi connectivity index (χ0v) is 13.3. The van der Waals surface area contributed by atoms with Gasteiger partial charge in [-0.05, 0) is 51.4 Å². The molecule has 0 N–H and O–H groups in total. The molecule has 2 saturated heterocycles. The zero-order valence-electron chi connectivity index (χ0n) is 13.3. The summed E-state index contributed by atoms with van der Waals surface area (Å²) in [7, 11) is 0. The third kappa shape index (κ3) is 2.80. The van der Waals surface area contributed by atoms with E-state index in [0.29, 0.717) is 11.8 Å². The van der Waals surface area contributed by atoms with E-state index in [0.717, 1.165) is 25.0 Å². The molecule has 1 aliphatic carbocycles. The minimum Gasteiger partial charge on any atom is -0.444 e. The van der Waals surface area contributed by atoms with E-state index in [1.807, 2.05) is 25.7 Å². The van der Waals surface area contributed by atoms with Gasteiger partial charge in [-0.2, -0.15) is 0 Å². The molecule has 2 unspecified atom stereocenters. The molecule has 0 spiro atoms. The lowest BCUT2D eigenvalue weighted by Crippen LogP contribution is -2.44. The predicted molar refractivity (Wildman–Crippen MR) is 78.5 cm³/mol. The molecule has 1 saturated carbocycles. The molecule has 4 nitrogen and oxygen atoms in total. The Morgan fingerprint density at radius 2 is 1.60 bits per heavy atom. The summed E-state index contributed by atoms with van der Waals surface area (Å²) in [4.78, 5) is 16.7. The number of amides is 1. The van der Waals surface area contributed by atoms with Gasteiger partial charge in [-0.3, -0.25) is 4.90 Å². The van der Waals surface area contributed by atoms with Crippen molar-refractivity contribution in [3.8, 4) is 0 Å². The van der Waals surface area contributed by atoms with E-state index in [1.165, 1.54) is 25.9 Å². The van der Waals surface area contributed by atoms with Crippen LogP contribution in [0.5, 0.6) is 0 Å². The van der Waals surface area contributed by atoms with Crippen LogP contribution in [0.3, 0.4) is 0 Å². The largest absolute Gasteiger partial charge is 0.444 e. The number of ether oxygens (including phenoxy) is 1. The quantitative estimate of drug-likeness (QED) is 0.740. The van der Waals surface area contributed by atoms with Crippen molar-refractivity contribution in [1.29, 1.82) is 0 Å². The van der Waals surface area contributed by atoms with Crippen LogP contribution in [-0.2, 0) is 4.74 Å². The number of carbonyl (C=O) groups is 1. The van der Waals surface area contributed by atoms with Gasteiger partial charge >= 0.3 is 6.09 Å². The SMILES string of the molecule is CC1CC(N2CC3CN(C(=O)OC(C)(C)C)CC3C2)C1. The summed E-state index contributed by atoms with van der Waals surface area (Å²) in [5.41, 5.74) is -0.386. The van der Waals surface area contributed by atoms with Crippen LogP contribution in [0.2, 0.25) is 0 Å². The number of carbonyl (C=O) groups excluding carboxylic acids is 1. The van der Waals surface area contributed by atoms with Crippen LogP contribution in [0.1, 0.15) is 40.5 Å². The van der Waals surface area contributed by atoms with Gasteiger partial charge in [-0.1, -0.05) is 6.92 Å². The third-order valence-electron chi connectivity index (χ3n) is 5.03. The highest BCUT2D eigenvalue weighted by molar-refractivity contribution is 5.68. The van der Waals surface area contributed by atoms with Gasteiger partial charge in [0.2, 0.25) is 0 Å². The van der Waals surface area contributed by atoms with Crippen molar-refractivity contribution in [2.75, 3.05) is 26.2 Å². The van der Waals surface area contributed by atoms with Crippen LogP contribution < -0.4 is 0 Å². The monoisotopic (exact) mass is 280 g/mol. The number of likely N-dealkylation sites (tertiary alicyclic amines) is 2. The normalized spacial score (nSPS) is 37.7. The van der Waals surface area contributed by atoms with Gasteiger partial charge in [0.25, 0.3) is 0 Å². The first kappa shape index (κ1) is 14.2. The Labute approximate surface area is 122 Å². The molecule has 0 aromatic carbocycles. The van der Waals surface area contributed by atoms with E-state index in [2.05, 4.69) is 11.8 Å². The van der Waals surface area contributed by atoms with Crippen LogP contribution in [0.4, 0.5) is 4.79 Å². The molecule has 3 aliphatic rings. The smallest absolute Gasteiger partial charge is 0.410 e. The first-order valence-corrected chi connectivity index (χ1v) is 8.04. The Morgan fingerprint density at radius 3 is 2.05 bits per heavy atom. The lowest BCUT2D eigenvalue weighted by atomic mass is 9.81. The number of hydrogen-bond donors (Lipinski definition) is 0. The summed E-state index contributed by atoms with van der Waals surface area (Å²) in [6.07, 6.45) is 2.61. The van der Waals surface area contributed by atoms with Crippen LogP contribution in [0.15, 0.2) is 0 Å². The topological polar surface area (TPSA) is 32.8 Å². The highest BCUT2D eigenvalue weighted by Crippen LogP contribution is 2.38. The minimum atomic E-state index is -0.386. The molecule has 2 aliphatic heterocycles. The standard InChI is InChI=1S/C16H28N2O2/c1-11-5-14(6-11)17-7-12-9-18(10-13(12)8-17)15(19)20-16(2,3)4/h11-14H,5-10H2,1-4H3. The van der Waals surface area contributed by atoms with Crippen molar-refractivity contribution in [2.45, 2.75) is 52.2 Å². The third-order valence-corrected chi connectivity index (χ3v) is 5.03. The average Bonchev–Trinajstić information content (AvgIpc) is 2.79. The number of nitrogens with zero attached hydrogens (tertiary/aromatic N) is 2. The second-order valence-corrected chi connectivity index (χ2v) is 8.09. The molecule has 20 heavy (non-hydrogen) atoms. The van der Waals surface area contributed by atoms with Crippen molar-refractivity contribution in [1.82, 2.24) is 9.80 Å². The maximum absolute atomic E-state index is 12.1. The maximum atomic E-state index is 12.1. The van der Waals surface area contributed by atoms with Crippen molar-refractivity contribution in [3.05, 3.63) is 0 Å². The van der Waals surface area contributed by atoms with Gasteiger partial charge in [-0.15, -0.1) is 0 Å². The lowest BCUT2D eigenvalue weighted by Gasteiger charge is -2.40. The zero-order chi connectivity index (χ0) is 14.5. The summed E-state index contributed by atoms with van der Waals surface area (Å²) in [5.74, 6) is 2.25. The second kappa shape index (κ2) is 4.90. The molecule has 0 bridgehead atoms. The molecule has 1 amide bonds. The van der Waals surface area contributed by atoms with Gasteiger partial charge in [0.05, 0.1) is 0 Å². The van der Waals surface area contributed by atoms with Crippen LogP contribution in [-0.4, -0.2) is 53.7 Å². The van der Waals surface area contributed by atoms with Gasteiger partial charge in [-0.25, -0.2) is 4.79 Å². The molecule has 2 heterocycles. The van der Waals surface area contributed by atoms with Crippen LogP contribution in [0, 0.1) is 17.8 Å². The molecule has 0 aromatic heterocycles. The Kier molecular flexibility index (Phi) is 3.47. The highest BCUT2D eigenvalue weighted by atomic mass is 16.6. The van der Waals surface area contributed by atoms with Crippen LogP contribution >= 0.6 is 0 Å². The highest BCUT2D eigenvalue weighted by Gasteiger charge is 2.45. The summed E-state index contributed by atoms with van der Waals surface area (Å²) < 4.78 is 5.48. The number of fused-ring (bicyclic) bond motifs is 1. The average molecular weight is 280 g/mol. The first-order valence-electron chi connectivity index (χ1n) is 8.04. The maximum Gasteiger partial charge on any atom is 0.410 e. The summed E-state index contributed by atoms with van der Waals surface area (Å²) in [6.45, 7) is 12.3. The summed E-state index contributed by atoms with van der Waals surface area (Å²) in [5, 5.41) is 0. The molecule has 114 valence electrons. The summed E-state index contributed by atoms with van der Waals surface area (Å²) in [6, 6.07) is 0.825. The molecule has 2 atom stereocenters. The van der Waals surface area contributed by atoms with Crippen molar-refractivity contribution in [2.24, 2.45) is 17.8 Å². The molecule has 3 rings (SSSR count). The fourth-order valence-corrected chi connectivity index (χ4v) is 3.96. The molecule has 0 aromatic rings. The Bertz CT molecular complexity index is 370.